The highest BCUT2D eigenvalue weighted by atomic mass is 32.1. The first-order valence-corrected chi connectivity index (χ1v) is 8.05. The van der Waals surface area contributed by atoms with Crippen LogP contribution in [0.15, 0.2) is 42.6 Å². The molecule has 0 saturated carbocycles. The third kappa shape index (κ3) is 2.50. The average Bonchev–Trinajstić information content (AvgIpc) is 3.15. The van der Waals surface area contributed by atoms with Crippen LogP contribution in [0.3, 0.4) is 0 Å². The van der Waals surface area contributed by atoms with E-state index in [0.29, 0.717) is 21.4 Å². The monoisotopic (exact) mass is 340 g/mol. The Bertz CT molecular complexity index is 1010. The molecule has 0 aliphatic rings. The number of anilines is 1. The summed E-state index contributed by atoms with van der Waals surface area (Å²) >= 11 is 1.36. The zero-order valence-electron chi connectivity index (χ0n) is 13.0. The number of hydrogen-bond acceptors (Lipinski definition) is 6. The van der Waals surface area contributed by atoms with Gasteiger partial charge in [-0.3, -0.25) is 0 Å². The van der Waals surface area contributed by atoms with Gasteiger partial charge in [0.05, 0.1) is 0 Å². The Morgan fingerprint density at radius 2 is 1.83 bits per heavy atom. The maximum absolute atomic E-state index is 13.3. The smallest absolute Gasteiger partial charge is 0.235 e. The van der Waals surface area contributed by atoms with E-state index in [4.69, 9.17) is 0 Å². The maximum Gasteiger partial charge on any atom is 0.235 e. The Balaban J connectivity index is 1.77. The van der Waals surface area contributed by atoms with Gasteiger partial charge in [0, 0.05) is 43.2 Å². The minimum absolute atomic E-state index is 0.530. The molecule has 0 unspecified atom stereocenters. The summed E-state index contributed by atoms with van der Waals surface area (Å²) < 4.78 is 15.0. The van der Waals surface area contributed by atoms with Crippen molar-refractivity contribution in [1.29, 1.82) is 0 Å². The maximum atomic E-state index is 13.3. The summed E-state index contributed by atoms with van der Waals surface area (Å²) in [5.74, 6) is 0.130. The molecule has 0 fully saturated rings. The van der Waals surface area contributed by atoms with Gasteiger partial charge in [-0.05, 0) is 30.3 Å². The first-order valence-electron chi connectivity index (χ1n) is 7.24. The molecule has 3 heterocycles. The van der Waals surface area contributed by atoms with Crippen LogP contribution in [0.2, 0.25) is 0 Å². The van der Waals surface area contributed by atoms with E-state index >= 15 is 0 Å². The van der Waals surface area contributed by atoms with Crippen LogP contribution in [0.25, 0.3) is 26.9 Å². The first-order chi connectivity index (χ1) is 11.6. The highest BCUT2D eigenvalue weighted by molar-refractivity contribution is 7.19. The molecule has 0 radical (unpaired) electrons. The average molecular weight is 340 g/mol. The number of halogens is 1. The van der Waals surface area contributed by atoms with Crippen molar-refractivity contribution in [2.24, 2.45) is 0 Å². The second-order valence-corrected chi connectivity index (χ2v) is 6.39. The molecule has 120 valence electrons. The molecule has 0 saturated heterocycles. The molecule has 4 rings (SSSR count). The van der Waals surface area contributed by atoms with Crippen LogP contribution < -0.4 is 4.90 Å². The van der Waals surface area contributed by atoms with Gasteiger partial charge in [-0.15, -0.1) is 10.2 Å². The molecule has 4 aromatic rings. The zero-order chi connectivity index (χ0) is 16.7. The van der Waals surface area contributed by atoms with E-state index in [9.17, 15) is 4.39 Å². The molecule has 0 spiro atoms. The van der Waals surface area contributed by atoms with Crippen LogP contribution in [0.1, 0.15) is 0 Å². The van der Waals surface area contributed by atoms with E-state index in [0.717, 1.165) is 11.3 Å². The van der Waals surface area contributed by atoms with Crippen molar-refractivity contribution < 1.29 is 4.39 Å². The number of pyridine rings is 1. The van der Waals surface area contributed by atoms with Crippen molar-refractivity contribution in [3.63, 3.8) is 0 Å². The topological polar surface area (TPSA) is 59.2 Å². The highest BCUT2D eigenvalue weighted by Crippen LogP contribution is 2.28. The first kappa shape index (κ1) is 14.7. The fourth-order valence-electron chi connectivity index (χ4n) is 2.36. The van der Waals surface area contributed by atoms with Gasteiger partial charge >= 0.3 is 0 Å². The van der Waals surface area contributed by atoms with Crippen molar-refractivity contribution >= 4 is 22.0 Å². The lowest BCUT2D eigenvalue weighted by Crippen LogP contribution is -2.08. The van der Waals surface area contributed by atoms with E-state index < -0.39 is 5.95 Å². The Labute approximate surface area is 141 Å². The number of fused-ring (bicyclic) bond motifs is 1. The lowest BCUT2D eigenvalue weighted by Gasteiger charge is -2.11. The number of hydrogen-bond donors (Lipinski definition) is 0. The van der Waals surface area contributed by atoms with Crippen molar-refractivity contribution in [3.8, 4) is 22.0 Å². The molecule has 0 aliphatic heterocycles. The van der Waals surface area contributed by atoms with E-state index in [2.05, 4.69) is 20.3 Å². The summed E-state index contributed by atoms with van der Waals surface area (Å²) in [4.78, 5) is 6.26. The largest absolute Gasteiger partial charge is 0.378 e. The number of nitrogens with zero attached hydrogens (tertiary/aromatic N) is 6. The molecular weight excluding hydrogens is 327 g/mol. The fourth-order valence-corrected chi connectivity index (χ4v) is 3.19. The van der Waals surface area contributed by atoms with E-state index in [1.54, 1.807) is 10.6 Å². The van der Waals surface area contributed by atoms with Crippen LogP contribution in [-0.2, 0) is 0 Å². The van der Waals surface area contributed by atoms with Crippen molar-refractivity contribution in [3.05, 3.63) is 48.5 Å². The van der Waals surface area contributed by atoms with Gasteiger partial charge in [-0.1, -0.05) is 11.3 Å². The van der Waals surface area contributed by atoms with Gasteiger partial charge in [0.1, 0.15) is 5.01 Å². The Kier molecular flexibility index (Phi) is 3.46. The zero-order valence-corrected chi connectivity index (χ0v) is 13.8. The summed E-state index contributed by atoms with van der Waals surface area (Å²) in [6.45, 7) is 0. The van der Waals surface area contributed by atoms with Crippen LogP contribution in [0.5, 0.6) is 0 Å². The molecule has 6 nitrogen and oxygen atoms in total. The minimum Gasteiger partial charge on any atom is -0.378 e. The van der Waals surface area contributed by atoms with Gasteiger partial charge < -0.3 is 4.90 Å². The molecule has 0 amide bonds. The summed E-state index contributed by atoms with van der Waals surface area (Å²) in [5.41, 5.74) is 2.70. The van der Waals surface area contributed by atoms with Crippen LogP contribution in [-0.4, -0.2) is 38.9 Å². The molecule has 0 atom stereocenters. The standard InChI is InChI=1S/C16H13FN6S/c1-22(2)12-5-3-10(4-6-12)14-19-20-16-23(14)21-15(24-16)11-7-8-18-13(17)9-11/h3-9H,1-2H3. The molecular formula is C16H13FN6S. The Morgan fingerprint density at radius 1 is 1.04 bits per heavy atom. The second kappa shape index (κ2) is 5.64. The fraction of sp³-hybridized carbons (Fsp3) is 0.125. The van der Waals surface area contributed by atoms with Crippen molar-refractivity contribution in [1.82, 2.24) is 24.8 Å². The normalized spacial score (nSPS) is 11.1. The molecule has 8 heteroatoms. The predicted octanol–water partition coefficient (Wildman–Crippen LogP) is 3.12. The number of benzene rings is 1. The van der Waals surface area contributed by atoms with Crippen LogP contribution in [0.4, 0.5) is 10.1 Å². The van der Waals surface area contributed by atoms with Gasteiger partial charge in [-0.2, -0.15) is 14.0 Å². The van der Waals surface area contributed by atoms with Crippen molar-refractivity contribution in [2.75, 3.05) is 19.0 Å². The van der Waals surface area contributed by atoms with Crippen LogP contribution in [0, 0.1) is 5.95 Å². The Hall–Kier alpha value is -2.87. The van der Waals surface area contributed by atoms with E-state index in [1.165, 1.54) is 23.6 Å². The lowest BCUT2D eigenvalue weighted by atomic mass is 10.2. The Morgan fingerprint density at radius 3 is 2.54 bits per heavy atom. The second-order valence-electron chi connectivity index (χ2n) is 5.43. The van der Waals surface area contributed by atoms with Gasteiger partial charge in [0.2, 0.25) is 10.9 Å². The summed E-state index contributed by atoms with van der Waals surface area (Å²) in [5, 5.41) is 13.6. The van der Waals surface area contributed by atoms with Gasteiger partial charge in [0.25, 0.3) is 0 Å². The molecule has 3 aromatic heterocycles. The third-order valence-electron chi connectivity index (χ3n) is 3.61. The molecule has 0 aliphatic carbocycles. The molecule has 24 heavy (non-hydrogen) atoms. The quantitative estimate of drug-likeness (QED) is 0.536. The van der Waals surface area contributed by atoms with Gasteiger partial charge in [0.15, 0.2) is 5.82 Å². The molecule has 0 N–H and O–H groups in total. The van der Waals surface area contributed by atoms with Crippen molar-refractivity contribution in [2.45, 2.75) is 0 Å². The minimum atomic E-state index is -0.530. The summed E-state index contributed by atoms with van der Waals surface area (Å²) in [6.07, 6.45) is 1.42. The van der Waals surface area contributed by atoms with E-state index in [-0.39, 0.29) is 0 Å². The number of aromatic nitrogens is 5. The lowest BCUT2D eigenvalue weighted by molar-refractivity contribution is 0.584. The third-order valence-corrected chi connectivity index (χ3v) is 4.55. The van der Waals surface area contributed by atoms with E-state index in [1.807, 2.05) is 43.3 Å². The summed E-state index contributed by atoms with van der Waals surface area (Å²) in [6, 6.07) is 11.1. The number of rotatable bonds is 3. The predicted molar refractivity (Wildman–Crippen MR) is 91.6 cm³/mol. The molecule has 1 aromatic carbocycles. The SMILES string of the molecule is CN(C)c1ccc(-c2nnc3sc(-c4ccnc(F)c4)nn23)cc1. The summed E-state index contributed by atoms with van der Waals surface area (Å²) in [7, 11) is 3.98. The van der Waals surface area contributed by atoms with Gasteiger partial charge in [-0.25, -0.2) is 4.98 Å². The van der Waals surface area contributed by atoms with Crippen LogP contribution >= 0.6 is 11.3 Å². The highest BCUT2D eigenvalue weighted by Gasteiger charge is 2.15. The molecule has 0 bridgehead atoms.